The van der Waals surface area contributed by atoms with Crippen molar-refractivity contribution in [2.24, 2.45) is 0 Å². The molecule has 0 unspecified atom stereocenters. The number of rotatable bonds is 7. The number of carbonyl (C=O) groups excluding carboxylic acids is 3. The van der Waals surface area contributed by atoms with Crippen molar-refractivity contribution in [2.45, 2.75) is 6.92 Å². The molecule has 1 N–H and O–H groups in total. The van der Waals surface area contributed by atoms with Gasteiger partial charge in [-0.2, -0.15) is 5.26 Å². The zero-order valence-corrected chi connectivity index (χ0v) is 16.4. The molecule has 2 aromatic rings. The van der Waals surface area contributed by atoms with Crippen LogP contribution in [0.1, 0.15) is 22.8 Å². The summed E-state index contributed by atoms with van der Waals surface area (Å²) in [4.78, 5) is 37.7. The summed E-state index contributed by atoms with van der Waals surface area (Å²) in [6.07, 6.45) is 1.39. The van der Waals surface area contributed by atoms with Crippen molar-refractivity contribution in [1.82, 2.24) is 0 Å². The predicted molar refractivity (Wildman–Crippen MR) is 110 cm³/mol. The van der Waals surface area contributed by atoms with Crippen molar-refractivity contribution in [3.63, 3.8) is 0 Å². The number of ether oxygens (including phenoxy) is 1. The Morgan fingerprint density at radius 3 is 2.34 bits per heavy atom. The fourth-order valence-corrected chi connectivity index (χ4v) is 2.47. The standard InChI is InChI=1S/C22H21N3O4/c1-15(26)19-6-4-5-7-20(19)24-21(27)14-29-22(28)17(13-23)12-16-8-10-18(11-9-16)25(2)3/h4-12H,14H2,1-3H3,(H,24,27)/b17-12+. The molecule has 0 aromatic heterocycles. The Hall–Kier alpha value is -3.92. The van der Waals surface area contributed by atoms with E-state index in [0.717, 1.165) is 5.69 Å². The number of ketones is 1. The van der Waals surface area contributed by atoms with Crippen LogP contribution in [0.2, 0.25) is 0 Å². The van der Waals surface area contributed by atoms with Gasteiger partial charge in [-0.05, 0) is 42.8 Å². The van der Waals surface area contributed by atoms with Gasteiger partial charge in [0.1, 0.15) is 11.6 Å². The minimum atomic E-state index is -0.904. The van der Waals surface area contributed by atoms with Gasteiger partial charge in [0.15, 0.2) is 12.4 Å². The van der Waals surface area contributed by atoms with Gasteiger partial charge in [0.05, 0.1) is 5.69 Å². The molecule has 1 amide bonds. The number of nitrogens with zero attached hydrogens (tertiary/aromatic N) is 2. The second-order valence-electron chi connectivity index (χ2n) is 6.38. The summed E-state index contributed by atoms with van der Waals surface area (Å²) in [5.74, 6) is -1.72. The van der Waals surface area contributed by atoms with E-state index in [1.807, 2.05) is 31.1 Å². The van der Waals surface area contributed by atoms with Gasteiger partial charge in [-0.15, -0.1) is 0 Å². The Labute approximate surface area is 169 Å². The molecular weight excluding hydrogens is 370 g/mol. The highest BCUT2D eigenvalue weighted by Crippen LogP contribution is 2.16. The summed E-state index contributed by atoms with van der Waals surface area (Å²) in [6, 6.07) is 15.5. The van der Waals surface area contributed by atoms with Crippen molar-refractivity contribution in [3.8, 4) is 6.07 Å². The van der Waals surface area contributed by atoms with Gasteiger partial charge in [0.25, 0.3) is 5.91 Å². The van der Waals surface area contributed by atoms with E-state index in [-0.39, 0.29) is 11.4 Å². The molecule has 0 fully saturated rings. The summed E-state index contributed by atoms with van der Waals surface area (Å²) < 4.78 is 4.93. The van der Waals surface area contributed by atoms with Crippen LogP contribution in [0.5, 0.6) is 0 Å². The first kappa shape index (κ1) is 21.4. The number of Topliss-reactive ketones (excluding diaryl/α,β-unsaturated/α-hetero) is 1. The Kier molecular flexibility index (Phi) is 7.26. The first-order valence-electron chi connectivity index (χ1n) is 8.78. The van der Waals surface area contributed by atoms with E-state index < -0.39 is 18.5 Å². The molecule has 7 nitrogen and oxygen atoms in total. The van der Waals surface area contributed by atoms with E-state index in [0.29, 0.717) is 16.8 Å². The van der Waals surface area contributed by atoms with Gasteiger partial charge in [-0.25, -0.2) is 4.79 Å². The molecule has 0 aliphatic heterocycles. The lowest BCUT2D eigenvalue weighted by molar-refractivity contribution is -0.142. The number of amides is 1. The number of nitrogens with one attached hydrogen (secondary N) is 1. The largest absolute Gasteiger partial charge is 0.451 e. The molecule has 0 saturated carbocycles. The predicted octanol–water partition coefficient (Wildman–Crippen LogP) is 3.04. The molecule has 7 heteroatoms. The van der Waals surface area contributed by atoms with E-state index >= 15 is 0 Å². The first-order valence-corrected chi connectivity index (χ1v) is 8.78. The van der Waals surface area contributed by atoms with Crippen LogP contribution in [0.15, 0.2) is 54.1 Å². The van der Waals surface area contributed by atoms with Crippen molar-refractivity contribution >= 4 is 35.1 Å². The molecule has 0 atom stereocenters. The summed E-state index contributed by atoms with van der Waals surface area (Å²) in [5.41, 5.74) is 2.10. The van der Waals surface area contributed by atoms with Gasteiger partial charge >= 0.3 is 5.97 Å². The SMILES string of the molecule is CC(=O)c1ccccc1NC(=O)COC(=O)/C(C#N)=C/c1ccc(N(C)C)cc1. The molecular formula is C22H21N3O4. The molecule has 0 heterocycles. The van der Waals surface area contributed by atoms with Gasteiger partial charge in [0.2, 0.25) is 0 Å². The molecule has 0 aliphatic carbocycles. The average molecular weight is 391 g/mol. The highest BCUT2D eigenvalue weighted by atomic mass is 16.5. The van der Waals surface area contributed by atoms with Gasteiger partial charge in [-0.3, -0.25) is 9.59 Å². The molecule has 0 aliphatic rings. The number of nitriles is 1. The van der Waals surface area contributed by atoms with Gasteiger partial charge in [0, 0.05) is 25.3 Å². The van der Waals surface area contributed by atoms with E-state index in [4.69, 9.17) is 4.74 Å². The second kappa shape index (κ2) is 9.85. The van der Waals surface area contributed by atoms with Crippen molar-refractivity contribution in [3.05, 3.63) is 65.2 Å². The van der Waals surface area contributed by atoms with Crippen molar-refractivity contribution < 1.29 is 19.1 Å². The lowest BCUT2D eigenvalue weighted by atomic mass is 10.1. The Balaban J connectivity index is 2.00. The number of hydrogen-bond acceptors (Lipinski definition) is 6. The third-order valence-corrected chi connectivity index (χ3v) is 3.98. The van der Waals surface area contributed by atoms with Crippen molar-refractivity contribution in [2.75, 3.05) is 30.9 Å². The number of esters is 1. The molecule has 148 valence electrons. The van der Waals surface area contributed by atoms with Crippen LogP contribution < -0.4 is 10.2 Å². The Morgan fingerprint density at radius 1 is 1.10 bits per heavy atom. The minimum Gasteiger partial charge on any atom is -0.451 e. The molecule has 2 rings (SSSR count). The quantitative estimate of drug-likeness (QED) is 0.337. The minimum absolute atomic E-state index is 0.201. The maximum Gasteiger partial charge on any atom is 0.349 e. The van der Waals surface area contributed by atoms with Crippen LogP contribution in [0.4, 0.5) is 11.4 Å². The Bertz CT molecular complexity index is 986. The maximum atomic E-state index is 12.1. The normalized spacial score (nSPS) is 10.6. The zero-order chi connectivity index (χ0) is 21.4. The van der Waals surface area contributed by atoms with Crippen LogP contribution in [0.3, 0.4) is 0 Å². The molecule has 0 saturated heterocycles. The van der Waals surface area contributed by atoms with E-state index in [1.54, 1.807) is 42.5 Å². The number of anilines is 2. The number of benzene rings is 2. The molecule has 0 bridgehead atoms. The molecule has 2 aromatic carbocycles. The highest BCUT2D eigenvalue weighted by Gasteiger charge is 2.15. The zero-order valence-electron chi connectivity index (χ0n) is 16.4. The fourth-order valence-electron chi connectivity index (χ4n) is 2.47. The lowest BCUT2D eigenvalue weighted by Gasteiger charge is -2.12. The van der Waals surface area contributed by atoms with Crippen LogP contribution in [0.25, 0.3) is 6.08 Å². The third-order valence-electron chi connectivity index (χ3n) is 3.98. The van der Waals surface area contributed by atoms with Crippen LogP contribution in [-0.4, -0.2) is 38.4 Å². The van der Waals surface area contributed by atoms with Crippen LogP contribution >= 0.6 is 0 Å². The van der Waals surface area contributed by atoms with Gasteiger partial charge < -0.3 is 15.0 Å². The van der Waals surface area contributed by atoms with Crippen LogP contribution in [0, 0.1) is 11.3 Å². The van der Waals surface area contributed by atoms with E-state index in [1.165, 1.54) is 13.0 Å². The summed E-state index contributed by atoms with van der Waals surface area (Å²) in [5, 5.41) is 11.8. The fraction of sp³-hybridized carbons (Fsp3) is 0.182. The topological polar surface area (TPSA) is 99.5 Å². The smallest absolute Gasteiger partial charge is 0.349 e. The number of carbonyl (C=O) groups is 3. The Morgan fingerprint density at radius 2 is 1.76 bits per heavy atom. The first-order chi connectivity index (χ1) is 13.8. The van der Waals surface area contributed by atoms with Crippen molar-refractivity contribution in [1.29, 1.82) is 5.26 Å². The molecule has 29 heavy (non-hydrogen) atoms. The average Bonchev–Trinajstić information content (AvgIpc) is 2.70. The number of para-hydroxylation sites is 1. The maximum absolute atomic E-state index is 12.1. The summed E-state index contributed by atoms with van der Waals surface area (Å²) >= 11 is 0. The molecule has 0 radical (unpaired) electrons. The molecule has 0 spiro atoms. The summed E-state index contributed by atoms with van der Waals surface area (Å²) in [6.45, 7) is 0.809. The van der Waals surface area contributed by atoms with Gasteiger partial charge in [-0.1, -0.05) is 24.3 Å². The monoisotopic (exact) mass is 391 g/mol. The summed E-state index contributed by atoms with van der Waals surface area (Å²) in [7, 11) is 3.81. The number of hydrogen-bond donors (Lipinski definition) is 1. The van der Waals surface area contributed by atoms with E-state index in [2.05, 4.69) is 5.32 Å². The second-order valence-corrected chi connectivity index (χ2v) is 6.38. The highest BCUT2D eigenvalue weighted by molar-refractivity contribution is 6.04. The van der Waals surface area contributed by atoms with E-state index in [9.17, 15) is 19.6 Å². The lowest BCUT2D eigenvalue weighted by Crippen LogP contribution is -2.22. The van der Waals surface area contributed by atoms with Crippen LogP contribution in [-0.2, 0) is 14.3 Å². The third kappa shape index (κ3) is 6.04.